The average molecular weight is 310 g/mol. The number of nitrogen functional groups attached to an aromatic ring is 1. The number of ether oxygens (including phenoxy) is 1. The predicted octanol–water partition coefficient (Wildman–Crippen LogP) is 2.30. The Morgan fingerprint density at radius 2 is 2.10 bits per heavy atom. The van der Waals surface area contributed by atoms with Gasteiger partial charge in [-0.15, -0.1) is 0 Å². The average Bonchev–Trinajstić information content (AvgIpc) is 2.49. The van der Waals surface area contributed by atoms with Crippen molar-refractivity contribution in [1.82, 2.24) is 0 Å². The van der Waals surface area contributed by atoms with E-state index in [1.807, 2.05) is 0 Å². The Bertz CT molecular complexity index is 528. The molecule has 0 saturated heterocycles. The van der Waals surface area contributed by atoms with E-state index in [1.54, 1.807) is 18.2 Å². The number of hydrogen-bond acceptors (Lipinski definition) is 4. The molecule has 0 aromatic heterocycles. The lowest BCUT2D eigenvalue weighted by atomic mass is 10.0. The van der Waals surface area contributed by atoms with E-state index in [0.717, 1.165) is 25.7 Å². The van der Waals surface area contributed by atoms with Crippen LogP contribution in [0.4, 0.5) is 11.4 Å². The molecule has 6 heteroatoms. The summed E-state index contributed by atoms with van der Waals surface area (Å²) in [4.78, 5) is 12.0. The van der Waals surface area contributed by atoms with E-state index in [4.69, 9.17) is 10.5 Å². The summed E-state index contributed by atoms with van der Waals surface area (Å²) in [5.41, 5.74) is 6.79. The first-order valence-corrected chi connectivity index (χ1v) is 8.59. The SMILES string of the molecule is COc1cc(N)ccc1NC(=O)CS(=O)C1CCCCC1. The van der Waals surface area contributed by atoms with Crippen LogP contribution in [-0.2, 0) is 15.6 Å². The summed E-state index contributed by atoms with van der Waals surface area (Å²) in [6.45, 7) is 0. The number of methoxy groups -OCH3 is 1. The maximum atomic E-state index is 12.2. The molecule has 1 aromatic carbocycles. The number of anilines is 2. The van der Waals surface area contributed by atoms with Crippen molar-refractivity contribution in [2.75, 3.05) is 23.9 Å². The third kappa shape index (κ3) is 4.46. The van der Waals surface area contributed by atoms with Gasteiger partial charge in [0.15, 0.2) is 0 Å². The van der Waals surface area contributed by atoms with Crippen LogP contribution < -0.4 is 15.8 Å². The Balaban J connectivity index is 1.93. The summed E-state index contributed by atoms with van der Waals surface area (Å²) >= 11 is 0. The highest BCUT2D eigenvalue weighted by atomic mass is 32.2. The fourth-order valence-corrected chi connectivity index (χ4v) is 4.00. The summed E-state index contributed by atoms with van der Waals surface area (Å²) in [6, 6.07) is 5.03. The first kappa shape index (κ1) is 15.8. The summed E-state index contributed by atoms with van der Waals surface area (Å²) in [5.74, 6) is 0.298. The van der Waals surface area contributed by atoms with Gasteiger partial charge in [0.2, 0.25) is 5.91 Å². The van der Waals surface area contributed by atoms with Crippen LogP contribution in [0.25, 0.3) is 0 Å². The number of rotatable bonds is 5. The Kier molecular flexibility index (Phi) is 5.61. The van der Waals surface area contributed by atoms with Gasteiger partial charge in [-0.05, 0) is 25.0 Å². The molecule has 0 radical (unpaired) electrons. The van der Waals surface area contributed by atoms with Crippen LogP contribution in [-0.4, -0.2) is 28.2 Å². The van der Waals surface area contributed by atoms with Gasteiger partial charge in [0.25, 0.3) is 0 Å². The van der Waals surface area contributed by atoms with Gasteiger partial charge in [-0.3, -0.25) is 9.00 Å². The third-order valence-corrected chi connectivity index (χ3v) is 5.46. The number of nitrogens with one attached hydrogen (secondary N) is 1. The number of amides is 1. The molecule has 116 valence electrons. The Morgan fingerprint density at radius 1 is 1.38 bits per heavy atom. The van der Waals surface area contributed by atoms with E-state index in [0.29, 0.717) is 17.1 Å². The van der Waals surface area contributed by atoms with Crippen molar-refractivity contribution < 1.29 is 13.7 Å². The van der Waals surface area contributed by atoms with Gasteiger partial charge in [-0.25, -0.2) is 0 Å². The number of nitrogens with two attached hydrogens (primary N) is 1. The summed E-state index contributed by atoms with van der Waals surface area (Å²) < 4.78 is 17.4. The van der Waals surface area contributed by atoms with Crippen molar-refractivity contribution in [3.63, 3.8) is 0 Å². The van der Waals surface area contributed by atoms with E-state index >= 15 is 0 Å². The zero-order chi connectivity index (χ0) is 15.2. The normalized spacial score (nSPS) is 17.2. The van der Waals surface area contributed by atoms with Gasteiger partial charge in [-0.2, -0.15) is 0 Å². The summed E-state index contributed by atoms with van der Waals surface area (Å²) in [6.07, 6.45) is 5.37. The molecule has 5 nitrogen and oxygen atoms in total. The highest BCUT2D eigenvalue weighted by Gasteiger charge is 2.22. The molecule has 2 rings (SSSR count). The number of hydrogen-bond donors (Lipinski definition) is 2. The van der Waals surface area contributed by atoms with Crippen LogP contribution in [0.5, 0.6) is 5.75 Å². The minimum absolute atomic E-state index is 0.0399. The molecule has 1 atom stereocenters. The fourth-order valence-electron chi connectivity index (χ4n) is 2.57. The largest absolute Gasteiger partial charge is 0.494 e. The second kappa shape index (κ2) is 7.45. The first-order valence-electron chi connectivity index (χ1n) is 7.20. The molecule has 1 aliphatic rings. The zero-order valence-corrected chi connectivity index (χ0v) is 13.1. The summed E-state index contributed by atoms with van der Waals surface area (Å²) in [5, 5.41) is 2.91. The van der Waals surface area contributed by atoms with Crippen molar-refractivity contribution >= 4 is 28.1 Å². The highest BCUT2D eigenvalue weighted by Crippen LogP contribution is 2.27. The number of carbonyl (C=O) groups is 1. The van der Waals surface area contributed by atoms with Gasteiger partial charge >= 0.3 is 0 Å². The molecule has 21 heavy (non-hydrogen) atoms. The minimum Gasteiger partial charge on any atom is -0.494 e. The van der Waals surface area contributed by atoms with E-state index in [2.05, 4.69) is 5.32 Å². The zero-order valence-electron chi connectivity index (χ0n) is 12.3. The lowest BCUT2D eigenvalue weighted by Crippen LogP contribution is -2.27. The molecule has 1 unspecified atom stereocenters. The molecule has 0 aliphatic heterocycles. The quantitative estimate of drug-likeness (QED) is 0.818. The molecule has 1 aromatic rings. The smallest absolute Gasteiger partial charge is 0.237 e. The second-order valence-corrected chi connectivity index (χ2v) is 7.01. The Labute approximate surface area is 127 Å². The molecule has 0 bridgehead atoms. The van der Waals surface area contributed by atoms with Crippen molar-refractivity contribution in [3.8, 4) is 5.75 Å². The molecule has 0 spiro atoms. The lowest BCUT2D eigenvalue weighted by Gasteiger charge is -2.20. The maximum Gasteiger partial charge on any atom is 0.237 e. The van der Waals surface area contributed by atoms with Crippen LogP contribution in [0.3, 0.4) is 0 Å². The standard InChI is InChI=1S/C15H22N2O3S/c1-20-14-9-11(16)7-8-13(14)17-15(18)10-21(19)12-5-3-2-4-6-12/h7-9,12H,2-6,10,16H2,1H3,(H,17,18). The predicted molar refractivity (Wildman–Crippen MR) is 85.9 cm³/mol. The number of carbonyl (C=O) groups excluding carboxylic acids is 1. The fraction of sp³-hybridized carbons (Fsp3) is 0.533. The van der Waals surface area contributed by atoms with Gasteiger partial charge in [0.1, 0.15) is 11.5 Å². The van der Waals surface area contributed by atoms with Crippen molar-refractivity contribution in [2.45, 2.75) is 37.4 Å². The lowest BCUT2D eigenvalue weighted by molar-refractivity contribution is -0.113. The van der Waals surface area contributed by atoms with E-state index in [1.165, 1.54) is 13.5 Å². The first-order chi connectivity index (χ1) is 10.1. The van der Waals surface area contributed by atoms with Crippen molar-refractivity contribution in [3.05, 3.63) is 18.2 Å². The topological polar surface area (TPSA) is 81.4 Å². The van der Waals surface area contributed by atoms with Crippen LogP contribution in [0, 0.1) is 0 Å². The molecule has 3 N–H and O–H groups in total. The molecule has 1 amide bonds. The molecular formula is C15H22N2O3S. The van der Waals surface area contributed by atoms with Crippen molar-refractivity contribution in [1.29, 1.82) is 0 Å². The molecular weight excluding hydrogens is 288 g/mol. The second-order valence-electron chi connectivity index (χ2n) is 5.29. The van der Waals surface area contributed by atoms with E-state index < -0.39 is 10.8 Å². The molecule has 1 saturated carbocycles. The van der Waals surface area contributed by atoms with Gasteiger partial charge in [0.05, 0.1) is 12.8 Å². The minimum atomic E-state index is -1.10. The molecule has 1 fully saturated rings. The third-order valence-electron chi connectivity index (χ3n) is 3.70. The van der Waals surface area contributed by atoms with Gasteiger partial charge in [-0.1, -0.05) is 19.3 Å². The van der Waals surface area contributed by atoms with Crippen molar-refractivity contribution in [2.24, 2.45) is 0 Å². The van der Waals surface area contributed by atoms with Gasteiger partial charge in [0, 0.05) is 27.8 Å². The Morgan fingerprint density at radius 3 is 2.76 bits per heavy atom. The highest BCUT2D eigenvalue weighted by molar-refractivity contribution is 7.86. The Hall–Kier alpha value is -1.56. The monoisotopic (exact) mass is 310 g/mol. The van der Waals surface area contributed by atoms with Crippen LogP contribution in [0.2, 0.25) is 0 Å². The maximum absolute atomic E-state index is 12.2. The van der Waals surface area contributed by atoms with Crippen LogP contribution in [0.15, 0.2) is 18.2 Å². The number of benzene rings is 1. The van der Waals surface area contributed by atoms with Gasteiger partial charge < -0.3 is 15.8 Å². The van der Waals surface area contributed by atoms with E-state index in [-0.39, 0.29) is 16.9 Å². The summed E-state index contributed by atoms with van der Waals surface area (Å²) in [7, 11) is 0.418. The van der Waals surface area contributed by atoms with E-state index in [9.17, 15) is 9.00 Å². The molecule has 1 aliphatic carbocycles. The van der Waals surface area contributed by atoms with Crippen LogP contribution in [0.1, 0.15) is 32.1 Å². The van der Waals surface area contributed by atoms with Crippen LogP contribution >= 0.6 is 0 Å². The molecule has 0 heterocycles.